The predicted molar refractivity (Wildman–Crippen MR) is 65.5 cm³/mol. The van der Waals surface area contributed by atoms with Crippen molar-refractivity contribution < 1.29 is 43.9 Å². The van der Waals surface area contributed by atoms with Gasteiger partial charge in [-0.3, -0.25) is 19.8 Å². The molecule has 2 atom stereocenters. The van der Waals surface area contributed by atoms with Crippen molar-refractivity contribution in [3.63, 3.8) is 0 Å². The maximum Gasteiger partial charge on any atom is 1.00 e. The standard InChI is InChI=1S/C13H20N2O3.Na/c1-4-8-6-7-9(5-2)13(8)10(16)14-12(18)15(3)11(13)17;/h8-9H,4-7H2,1-3H3,(H,14,16,18);/q;+1. The molecular weight excluding hydrogens is 255 g/mol. The summed E-state index contributed by atoms with van der Waals surface area (Å²) in [6, 6.07) is -0.604. The number of carbonyl (C=O) groups excluding carboxylic acids is 3. The number of carbonyl (C=O) groups is 3. The van der Waals surface area contributed by atoms with Crippen LogP contribution < -0.4 is 34.9 Å². The Balaban J connectivity index is 0.00000180. The fraction of sp³-hybridized carbons (Fsp3) is 0.769. The van der Waals surface area contributed by atoms with Gasteiger partial charge < -0.3 is 0 Å². The van der Waals surface area contributed by atoms with Crippen molar-refractivity contribution in [3.05, 3.63) is 0 Å². The molecule has 0 aromatic rings. The summed E-state index contributed by atoms with van der Waals surface area (Å²) < 4.78 is 0. The third-order valence-corrected chi connectivity index (χ3v) is 4.70. The van der Waals surface area contributed by atoms with Crippen LogP contribution in [-0.4, -0.2) is 29.8 Å². The van der Waals surface area contributed by atoms with E-state index in [1.165, 1.54) is 7.05 Å². The Morgan fingerprint density at radius 3 is 2.05 bits per heavy atom. The van der Waals surface area contributed by atoms with Crippen molar-refractivity contribution >= 4 is 17.8 Å². The maximum atomic E-state index is 12.6. The quantitative estimate of drug-likeness (QED) is 0.494. The average Bonchev–Trinajstić information content (AvgIpc) is 2.73. The molecule has 1 aliphatic heterocycles. The normalized spacial score (nSPS) is 34.5. The number of hydrogen-bond donors (Lipinski definition) is 1. The Hall–Kier alpha value is -0.390. The van der Waals surface area contributed by atoms with Gasteiger partial charge in [0.05, 0.1) is 0 Å². The monoisotopic (exact) mass is 275 g/mol. The third-order valence-electron chi connectivity index (χ3n) is 4.70. The molecule has 2 aliphatic rings. The second-order valence-electron chi connectivity index (χ2n) is 5.28. The van der Waals surface area contributed by atoms with Crippen molar-refractivity contribution in [2.24, 2.45) is 17.3 Å². The smallest absolute Gasteiger partial charge is 0.277 e. The number of barbiturate groups is 1. The number of amides is 4. The molecule has 1 heterocycles. The van der Waals surface area contributed by atoms with Crippen LogP contribution >= 0.6 is 0 Å². The molecule has 0 bridgehead atoms. The molecule has 19 heavy (non-hydrogen) atoms. The first kappa shape index (κ1) is 16.7. The Kier molecular flexibility index (Phi) is 5.21. The molecule has 0 radical (unpaired) electrons. The zero-order valence-corrected chi connectivity index (χ0v) is 14.2. The molecule has 1 saturated carbocycles. The molecule has 4 amide bonds. The molecule has 0 aromatic heterocycles. The summed E-state index contributed by atoms with van der Waals surface area (Å²) in [6.07, 6.45) is 3.35. The van der Waals surface area contributed by atoms with Crippen molar-refractivity contribution in [2.45, 2.75) is 39.5 Å². The average molecular weight is 275 g/mol. The number of imide groups is 2. The van der Waals surface area contributed by atoms with Gasteiger partial charge >= 0.3 is 35.6 Å². The van der Waals surface area contributed by atoms with Gasteiger partial charge in [-0.1, -0.05) is 26.7 Å². The van der Waals surface area contributed by atoms with Crippen LogP contribution in [0.5, 0.6) is 0 Å². The van der Waals surface area contributed by atoms with Crippen molar-refractivity contribution in [1.82, 2.24) is 10.2 Å². The predicted octanol–water partition coefficient (Wildman–Crippen LogP) is -1.47. The first-order chi connectivity index (χ1) is 8.49. The van der Waals surface area contributed by atoms with E-state index >= 15 is 0 Å². The van der Waals surface area contributed by atoms with Gasteiger partial charge in [0.2, 0.25) is 11.8 Å². The second kappa shape index (κ2) is 5.94. The summed E-state index contributed by atoms with van der Waals surface area (Å²) in [5.74, 6) is -0.602. The molecule has 1 saturated heterocycles. The van der Waals surface area contributed by atoms with Gasteiger partial charge in [0.1, 0.15) is 5.41 Å². The molecule has 2 rings (SSSR count). The van der Waals surface area contributed by atoms with Gasteiger partial charge in [-0.2, -0.15) is 0 Å². The van der Waals surface area contributed by atoms with Gasteiger partial charge in [-0.25, -0.2) is 4.79 Å². The number of nitrogens with one attached hydrogen (secondary N) is 1. The van der Waals surface area contributed by atoms with E-state index in [1.807, 2.05) is 13.8 Å². The summed E-state index contributed by atoms with van der Waals surface area (Å²) in [7, 11) is 1.45. The Morgan fingerprint density at radius 2 is 1.63 bits per heavy atom. The molecule has 2 unspecified atom stereocenters. The van der Waals surface area contributed by atoms with Crippen LogP contribution in [0.1, 0.15) is 39.5 Å². The van der Waals surface area contributed by atoms with Crippen molar-refractivity contribution in [2.75, 3.05) is 7.05 Å². The molecule has 1 aliphatic carbocycles. The van der Waals surface area contributed by atoms with Crippen LogP contribution in [0.2, 0.25) is 0 Å². The molecular formula is C13H20N2NaO3+. The van der Waals surface area contributed by atoms with E-state index in [-0.39, 0.29) is 53.2 Å². The Labute approximate surface area is 135 Å². The van der Waals surface area contributed by atoms with E-state index in [1.54, 1.807) is 0 Å². The molecule has 6 heteroatoms. The van der Waals surface area contributed by atoms with Crippen LogP contribution in [-0.2, 0) is 9.59 Å². The Morgan fingerprint density at radius 1 is 1.16 bits per heavy atom. The summed E-state index contributed by atoms with van der Waals surface area (Å²) >= 11 is 0. The van der Waals surface area contributed by atoms with Gasteiger partial charge in [0, 0.05) is 7.05 Å². The minimum Gasteiger partial charge on any atom is -0.277 e. The summed E-state index contributed by atoms with van der Waals surface area (Å²) in [4.78, 5) is 37.5. The van der Waals surface area contributed by atoms with E-state index in [9.17, 15) is 14.4 Å². The third kappa shape index (κ3) is 2.16. The molecule has 2 fully saturated rings. The van der Waals surface area contributed by atoms with Gasteiger partial charge in [0.25, 0.3) is 0 Å². The number of nitrogens with zero attached hydrogens (tertiary/aromatic N) is 1. The zero-order valence-electron chi connectivity index (χ0n) is 12.2. The summed E-state index contributed by atoms with van der Waals surface area (Å²) in [5.41, 5.74) is -1.01. The van der Waals surface area contributed by atoms with E-state index in [4.69, 9.17) is 0 Å². The molecule has 0 aromatic carbocycles. The fourth-order valence-corrected chi connectivity index (χ4v) is 3.71. The SMILES string of the molecule is CCC1CCC(CC)C12C(=O)NC(=O)N(C)C2=O.[Na+]. The van der Waals surface area contributed by atoms with E-state index in [2.05, 4.69) is 5.32 Å². The second-order valence-corrected chi connectivity index (χ2v) is 5.28. The van der Waals surface area contributed by atoms with Crippen molar-refractivity contribution in [1.29, 1.82) is 0 Å². The number of urea groups is 1. The molecule has 1 spiro atoms. The van der Waals surface area contributed by atoms with Crippen LogP contribution in [0.4, 0.5) is 4.79 Å². The van der Waals surface area contributed by atoms with Crippen LogP contribution in [0, 0.1) is 17.3 Å². The molecule has 1 N–H and O–H groups in total. The summed E-state index contributed by atoms with van der Waals surface area (Å²) in [6.45, 7) is 4.00. The van der Waals surface area contributed by atoms with Crippen LogP contribution in [0.25, 0.3) is 0 Å². The van der Waals surface area contributed by atoms with E-state index in [0.717, 1.165) is 30.6 Å². The molecule has 5 nitrogen and oxygen atoms in total. The first-order valence-electron chi connectivity index (χ1n) is 6.63. The minimum atomic E-state index is -1.01. The summed E-state index contributed by atoms with van der Waals surface area (Å²) in [5, 5.41) is 2.35. The van der Waals surface area contributed by atoms with Gasteiger partial charge in [0.15, 0.2) is 0 Å². The van der Waals surface area contributed by atoms with Crippen LogP contribution in [0.3, 0.4) is 0 Å². The number of hydrogen-bond acceptors (Lipinski definition) is 3. The van der Waals surface area contributed by atoms with E-state index in [0.29, 0.717) is 0 Å². The zero-order chi connectivity index (χ0) is 13.5. The van der Waals surface area contributed by atoms with Crippen LogP contribution in [0.15, 0.2) is 0 Å². The topological polar surface area (TPSA) is 66.5 Å². The minimum absolute atomic E-state index is 0. The van der Waals surface area contributed by atoms with Gasteiger partial charge in [-0.15, -0.1) is 0 Å². The first-order valence-corrected chi connectivity index (χ1v) is 6.63. The van der Waals surface area contributed by atoms with Crippen molar-refractivity contribution in [3.8, 4) is 0 Å². The van der Waals surface area contributed by atoms with Gasteiger partial charge in [-0.05, 0) is 24.7 Å². The fourth-order valence-electron chi connectivity index (χ4n) is 3.71. The largest absolute Gasteiger partial charge is 1.00 e. The maximum absolute atomic E-state index is 12.6. The molecule has 100 valence electrons. The van der Waals surface area contributed by atoms with E-state index < -0.39 is 11.4 Å². The number of rotatable bonds is 2. The Bertz CT molecular complexity index is 399.